The van der Waals surface area contributed by atoms with E-state index in [1.807, 2.05) is 25.1 Å². The third kappa shape index (κ3) is 3.42. The molecule has 0 radical (unpaired) electrons. The van der Waals surface area contributed by atoms with Gasteiger partial charge in [-0.25, -0.2) is 9.78 Å². The summed E-state index contributed by atoms with van der Waals surface area (Å²) in [6.45, 7) is 3.35. The first-order valence-electron chi connectivity index (χ1n) is 8.16. The van der Waals surface area contributed by atoms with Gasteiger partial charge in [0.05, 0.1) is 24.8 Å². The Kier molecular flexibility index (Phi) is 4.84. The molecule has 0 saturated carbocycles. The number of rotatable bonds is 4. The lowest BCUT2D eigenvalue weighted by Crippen LogP contribution is -2.37. The molecule has 6 nitrogen and oxygen atoms in total. The van der Waals surface area contributed by atoms with Gasteiger partial charge in [0.1, 0.15) is 5.75 Å². The molecule has 0 unspecified atom stereocenters. The summed E-state index contributed by atoms with van der Waals surface area (Å²) in [6.07, 6.45) is 7.26. The lowest BCUT2D eigenvalue weighted by atomic mass is 9.98. The zero-order valence-electron chi connectivity index (χ0n) is 14.0. The molecular weight excluding hydrogens is 304 g/mol. The summed E-state index contributed by atoms with van der Waals surface area (Å²) in [6, 6.07) is 5.73. The standard InChI is InChI=1S/C18H22N4O2/c1-3-7-20-18(23)22(2)15-4-5-17-16(10-15)13(6-8-24-17)9-14-11-19-12-21-14/h4-5,9-12H,3,6-8H2,1-2H3,(H,19,21)(H,20,23). The molecule has 0 aliphatic carbocycles. The van der Waals surface area contributed by atoms with Crippen molar-refractivity contribution in [2.45, 2.75) is 19.8 Å². The summed E-state index contributed by atoms with van der Waals surface area (Å²) < 4.78 is 5.75. The molecule has 126 valence electrons. The van der Waals surface area contributed by atoms with Crippen LogP contribution in [0.4, 0.5) is 10.5 Å². The number of aromatic nitrogens is 2. The minimum Gasteiger partial charge on any atom is -0.493 e. The number of aromatic amines is 1. The summed E-state index contributed by atoms with van der Waals surface area (Å²) in [7, 11) is 1.77. The molecule has 0 bridgehead atoms. The first-order valence-corrected chi connectivity index (χ1v) is 8.16. The molecule has 1 aliphatic heterocycles. The number of nitrogens with zero attached hydrogens (tertiary/aromatic N) is 2. The van der Waals surface area contributed by atoms with Gasteiger partial charge in [0, 0.05) is 31.3 Å². The van der Waals surface area contributed by atoms with E-state index in [4.69, 9.17) is 4.74 Å². The van der Waals surface area contributed by atoms with Crippen LogP contribution in [0, 0.1) is 0 Å². The minimum absolute atomic E-state index is 0.104. The average Bonchev–Trinajstić information content (AvgIpc) is 3.12. The Bertz CT molecular complexity index is 737. The summed E-state index contributed by atoms with van der Waals surface area (Å²) >= 11 is 0. The van der Waals surface area contributed by atoms with Crippen molar-refractivity contribution >= 4 is 23.4 Å². The molecule has 0 fully saturated rings. The van der Waals surface area contributed by atoms with Crippen LogP contribution in [0.1, 0.15) is 31.0 Å². The predicted octanol–water partition coefficient (Wildman–Crippen LogP) is 3.29. The van der Waals surface area contributed by atoms with Crippen LogP contribution in [0.3, 0.4) is 0 Å². The van der Waals surface area contributed by atoms with E-state index >= 15 is 0 Å². The maximum Gasteiger partial charge on any atom is 0.321 e. The molecule has 0 saturated heterocycles. The van der Waals surface area contributed by atoms with Gasteiger partial charge < -0.3 is 15.0 Å². The van der Waals surface area contributed by atoms with Crippen molar-refractivity contribution in [2.75, 3.05) is 25.1 Å². The van der Waals surface area contributed by atoms with Crippen molar-refractivity contribution in [1.29, 1.82) is 0 Å². The summed E-state index contributed by atoms with van der Waals surface area (Å²) in [5.74, 6) is 0.845. The number of anilines is 1. The fraction of sp³-hybridized carbons (Fsp3) is 0.333. The highest BCUT2D eigenvalue weighted by Gasteiger charge is 2.18. The van der Waals surface area contributed by atoms with E-state index in [0.717, 1.165) is 35.5 Å². The van der Waals surface area contributed by atoms with Crippen LogP contribution in [0.2, 0.25) is 0 Å². The largest absolute Gasteiger partial charge is 0.493 e. The van der Waals surface area contributed by atoms with E-state index in [1.165, 1.54) is 5.57 Å². The van der Waals surface area contributed by atoms with Crippen molar-refractivity contribution in [3.63, 3.8) is 0 Å². The highest BCUT2D eigenvalue weighted by Crippen LogP contribution is 2.36. The molecular formula is C18H22N4O2. The number of benzene rings is 1. The predicted molar refractivity (Wildman–Crippen MR) is 95.1 cm³/mol. The number of hydrogen-bond acceptors (Lipinski definition) is 3. The van der Waals surface area contributed by atoms with Gasteiger partial charge in [-0.3, -0.25) is 4.90 Å². The highest BCUT2D eigenvalue weighted by atomic mass is 16.5. The molecule has 0 spiro atoms. The van der Waals surface area contributed by atoms with Crippen molar-refractivity contribution in [1.82, 2.24) is 15.3 Å². The van der Waals surface area contributed by atoms with E-state index in [9.17, 15) is 4.79 Å². The van der Waals surface area contributed by atoms with E-state index < -0.39 is 0 Å². The molecule has 1 aliphatic rings. The second-order valence-corrected chi connectivity index (χ2v) is 5.75. The molecule has 2 aromatic rings. The number of urea groups is 1. The van der Waals surface area contributed by atoms with Crippen molar-refractivity contribution in [3.05, 3.63) is 42.0 Å². The minimum atomic E-state index is -0.104. The molecule has 2 N–H and O–H groups in total. The lowest BCUT2D eigenvalue weighted by molar-refractivity contribution is 0.247. The van der Waals surface area contributed by atoms with Crippen LogP contribution in [-0.2, 0) is 0 Å². The third-order valence-corrected chi connectivity index (χ3v) is 4.01. The van der Waals surface area contributed by atoms with Crippen molar-refractivity contribution in [2.24, 2.45) is 0 Å². The number of carbonyl (C=O) groups excluding carboxylic acids is 1. The quantitative estimate of drug-likeness (QED) is 0.906. The van der Waals surface area contributed by atoms with Crippen LogP contribution in [-0.4, -0.2) is 36.2 Å². The van der Waals surface area contributed by atoms with Gasteiger partial charge in [0.2, 0.25) is 0 Å². The maximum atomic E-state index is 12.2. The van der Waals surface area contributed by atoms with E-state index in [1.54, 1.807) is 24.5 Å². The Hall–Kier alpha value is -2.76. The fourth-order valence-corrected chi connectivity index (χ4v) is 2.66. The number of imidazole rings is 1. The Morgan fingerprint density at radius 1 is 1.50 bits per heavy atom. The number of nitrogens with one attached hydrogen (secondary N) is 2. The Morgan fingerprint density at radius 3 is 3.12 bits per heavy atom. The lowest BCUT2D eigenvalue weighted by Gasteiger charge is -2.24. The van der Waals surface area contributed by atoms with Gasteiger partial charge >= 0.3 is 6.03 Å². The van der Waals surface area contributed by atoms with E-state index in [2.05, 4.69) is 21.4 Å². The van der Waals surface area contributed by atoms with E-state index in [-0.39, 0.29) is 6.03 Å². The second-order valence-electron chi connectivity index (χ2n) is 5.75. The molecule has 1 aromatic carbocycles. The van der Waals surface area contributed by atoms with E-state index in [0.29, 0.717) is 13.2 Å². The molecule has 2 amide bonds. The highest BCUT2D eigenvalue weighted by molar-refractivity contribution is 5.93. The summed E-state index contributed by atoms with van der Waals surface area (Å²) in [5, 5.41) is 2.89. The van der Waals surface area contributed by atoms with Crippen LogP contribution < -0.4 is 15.0 Å². The van der Waals surface area contributed by atoms with Crippen LogP contribution >= 0.6 is 0 Å². The summed E-state index contributed by atoms with van der Waals surface area (Å²) in [4.78, 5) is 20.9. The smallest absolute Gasteiger partial charge is 0.321 e. The van der Waals surface area contributed by atoms with Gasteiger partial charge in [0.25, 0.3) is 0 Å². The number of amides is 2. The zero-order valence-corrected chi connectivity index (χ0v) is 14.0. The van der Waals surface area contributed by atoms with Crippen LogP contribution in [0.15, 0.2) is 30.7 Å². The molecule has 3 rings (SSSR count). The third-order valence-electron chi connectivity index (χ3n) is 4.01. The van der Waals surface area contributed by atoms with Crippen molar-refractivity contribution in [3.8, 4) is 5.75 Å². The molecule has 2 heterocycles. The number of fused-ring (bicyclic) bond motifs is 1. The second kappa shape index (κ2) is 7.21. The SMILES string of the molecule is CCCNC(=O)N(C)c1ccc2c(c1)C(=Cc1cnc[nH]1)CCO2. The molecule has 6 heteroatoms. The fourth-order valence-electron chi connectivity index (χ4n) is 2.66. The molecule has 24 heavy (non-hydrogen) atoms. The number of H-pyrrole nitrogens is 1. The molecule has 1 aromatic heterocycles. The van der Waals surface area contributed by atoms with Crippen molar-refractivity contribution < 1.29 is 9.53 Å². The first kappa shape index (κ1) is 16.1. The first-order chi connectivity index (χ1) is 11.7. The van der Waals surface area contributed by atoms with Crippen LogP contribution in [0.25, 0.3) is 11.6 Å². The van der Waals surface area contributed by atoms with Gasteiger partial charge in [-0.05, 0) is 36.3 Å². The topological polar surface area (TPSA) is 70.2 Å². The number of hydrogen-bond donors (Lipinski definition) is 2. The summed E-state index contributed by atoms with van der Waals surface area (Å²) in [5.41, 5.74) is 3.98. The van der Waals surface area contributed by atoms with Gasteiger partial charge in [-0.2, -0.15) is 0 Å². The number of ether oxygens (including phenoxy) is 1. The Morgan fingerprint density at radius 2 is 2.38 bits per heavy atom. The zero-order chi connectivity index (χ0) is 16.9. The molecule has 0 atom stereocenters. The monoisotopic (exact) mass is 326 g/mol. The Labute approximate surface area is 141 Å². The maximum absolute atomic E-state index is 12.2. The average molecular weight is 326 g/mol. The van der Waals surface area contributed by atoms with Gasteiger partial charge in [0.15, 0.2) is 0 Å². The number of carbonyl (C=O) groups is 1. The van der Waals surface area contributed by atoms with Crippen LogP contribution in [0.5, 0.6) is 5.75 Å². The normalized spacial score (nSPS) is 14.8. The van der Waals surface area contributed by atoms with Gasteiger partial charge in [-0.1, -0.05) is 6.92 Å². The van der Waals surface area contributed by atoms with Gasteiger partial charge in [-0.15, -0.1) is 0 Å². The Balaban J connectivity index is 1.89.